The number of benzene rings is 1. The molecule has 0 spiro atoms. The molecule has 1 heterocycles. The number of esters is 1. The number of carbonyl (C=O) groups excluding carboxylic acids is 1. The van der Waals surface area contributed by atoms with E-state index in [1.165, 1.54) is 10.6 Å². The predicted molar refractivity (Wildman–Crippen MR) is 114 cm³/mol. The van der Waals surface area contributed by atoms with E-state index in [9.17, 15) is 18.0 Å². The topological polar surface area (TPSA) is 85.7 Å². The first-order valence-corrected chi connectivity index (χ1v) is 11.3. The third-order valence-electron chi connectivity index (χ3n) is 4.00. The van der Waals surface area contributed by atoms with E-state index in [2.05, 4.69) is 0 Å². The third kappa shape index (κ3) is 5.93. The first kappa shape index (κ1) is 22.7. The summed E-state index contributed by atoms with van der Waals surface area (Å²) in [6.07, 6.45) is 2.38. The van der Waals surface area contributed by atoms with Gasteiger partial charge in [-0.1, -0.05) is 31.5 Å². The van der Waals surface area contributed by atoms with Crippen molar-refractivity contribution in [1.29, 1.82) is 0 Å². The zero-order chi connectivity index (χ0) is 21.8. The van der Waals surface area contributed by atoms with E-state index in [1.807, 2.05) is 6.92 Å². The third-order valence-corrected chi connectivity index (χ3v) is 5.07. The predicted octanol–water partition coefficient (Wildman–Crippen LogP) is 3.24. The molecule has 0 N–H and O–H groups in total. The summed E-state index contributed by atoms with van der Waals surface area (Å²) in [5, 5.41) is 0. The first-order valence-electron chi connectivity index (χ1n) is 9.44. The Hall–Kier alpha value is -2.61. The Balaban J connectivity index is 2.61. The van der Waals surface area contributed by atoms with Gasteiger partial charge >= 0.3 is 5.97 Å². The van der Waals surface area contributed by atoms with Crippen LogP contribution in [-0.4, -0.2) is 30.8 Å². The Labute approximate surface area is 172 Å². The van der Waals surface area contributed by atoms with Crippen LogP contribution < -0.4 is 9.86 Å². The lowest BCUT2D eigenvalue weighted by Gasteiger charge is -2.24. The van der Waals surface area contributed by atoms with Crippen molar-refractivity contribution in [3.63, 3.8) is 0 Å². The Kier molecular flexibility index (Phi) is 6.89. The summed E-state index contributed by atoms with van der Waals surface area (Å²) in [6, 6.07) is 11.5. The average Bonchev–Trinajstić information content (AvgIpc) is 2.58. The second kappa shape index (κ2) is 8.82. The van der Waals surface area contributed by atoms with Gasteiger partial charge in [-0.3, -0.25) is 14.2 Å². The minimum Gasteiger partial charge on any atom is -0.459 e. The number of nitrogens with zero attached hydrogens (tertiary/aromatic N) is 2. The molecule has 0 aliphatic carbocycles. The van der Waals surface area contributed by atoms with Crippen LogP contribution in [0.2, 0.25) is 0 Å². The highest BCUT2D eigenvalue weighted by Gasteiger charge is 2.25. The summed E-state index contributed by atoms with van der Waals surface area (Å²) in [7, 11) is -3.79. The molecular weight excluding hydrogens is 392 g/mol. The number of rotatable bonds is 7. The number of aromatic nitrogens is 1. The Morgan fingerprint density at radius 1 is 1.10 bits per heavy atom. The Bertz CT molecular complexity index is 1020. The molecule has 0 bridgehead atoms. The summed E-state index contributed by atoms with van der Waals surface area (Å²) in [6.45, 7) is 6.92. The maximum Gasteiger partial charge on any atom is 0.326 e. The molecule has 0 atom stereocenters. The lowest BCUT2D eigenvalue weighted by Crippen LogP contribution is -2.36. The van der Waals surface area contributed by atoms with Crippen LogP contribution in [0.15, 0.2) is 47.3 Å². The maximum absolute atomic E-state index is 13.3. The zero-order valence-corrected chi connectivity index (χ0v) is 18.3. The van der Waals surface area contributed by atoms with Gasteiger partial charge in [0.1, 0.15) is 17.8 Å². The molecule has 0 unspecified atom stereocenters. The molecule has 0 amide bonds. The van der Waals surface area contributed by atoms with E-state index in [0.29, 0.717) is 17.8 Å². The van der Waals surface area contributed by atoms with Gasteiger partial charge in [0, 0.05) is 5.69 Å². The number of anilines is 2. The molecule has 0 fully saturated rings. The molecule has 1 aromatic carbocycles. The molecule has 0 radical (unpaired) electrons. The summed E-state index contributed by atoms with van der Waals surface area (Å²) < 4.78 is 32.7. The molecular formula is C21H28N2O5S. The van der Waals surface area contributed by atoms with Crippen LogP contribution in [-0.2, 0) is 32.5 Å². The fourth-order valence-electron chi connectivity index (χ4n) is 2.98. The monoisotopic (exact) mass is 420 g/mol. The lowest BCUT2D eigenvalue weighted by molar-refractivity contribution is -0.155. The number of sulfonamides is 1. The number of hydrogen-bond donors (Lipinski definition) is 0. The molecule has 2 aromatic rings. The summed E-state index contributed by atoms with van der Waals surface area (Å²) >= 11 is 0. The van der Waals surface area contributed by atoms with E-state index in [0.717, 1.165) is 17.0 Å². The van der Waals surface area contributed by atoms with Gasteiger partial charge in [-0.25, -0.2) is 12.7 Å². The van der Waals surface area contributed by atoms with Gasteiger partial charge < -0.3 is 4.74 Å². The van der Waals surface area contributed by atoms with Crippen LogP contribution in [0.1, 0.15) is 39.8 Å². The number of ether oxygens (including phenoxy) is 1. The molecule has 0 aliphatic rings. The van der Waals surface area contributed by atoms with Gasteiger partial charge in [0.2, 0.25) is 10.0 Å². The van der Waals surface area contributed by atoms with Crippen LogP contribution in [0, 0.1) is 0 Å². The largest absolute Gasteiger partial charge is 0.459 e. The van der Waals surface area contributed by atoms with Crippen molar-refractivity contribution in [3.05, 3.63) is 58.5 Å². The van der Waals surface area contributed by atoms with Crippen LogP contribution in [0.3, 0.4) is 0 Å². The summed E-state index contributed by atoms with van der Waals surface area (Å²) in [5.41, 5.74) is -0.294. The number of pyridine rings is 1. The average molecular weight is 421 g/mol. The van der Waals surface area contributed by atoms with Crippen molar-refractivity contribution in [1.82, 2.24) is 4.57 Å². The quantitative estimate of drug-likeness (QED) is 0.642. The highest BCUT2D eigenvalue weighted by atomic mass is 32.2. The number of carbonyl (C=O) groups is 1. The molecule has 7 nitrogen and oxygen atoms in total. The standard InChI is InChI=1S/C21H28N2O5S/c1-6-10-16-13-14-18(20(25)22(16)15-19(24)28-21(2,3)4)23(29(5,26)27)17-11-8-7-9-12-17/h7-9,11-14H,6,10,15H2,1-5H3. The van der Waals surface area contributed by atoms with Gasteiger partial charge in [0.05, 0.1) is 11.9 Å². The summed E-state index contributed by atoms with van der Waals surface area (Å²) in [5.74, 6) is -0.556. The fraction of sp³-hybridized carbons (Fsp3) is 0.429. The molecule has 158 valence electrons. The Morgan fingerprint density at radius 2 is 1.72 bits per heavy atom. The van der Waals surface area contributed by atoms with Crippen molar-refractivity contribution in [2.75, 3.05) is 10.6 Å². The molecule has 0 saturated carbocycles. The smallest absolute Gasteiger partial charge is 0.326 e. The molecule has 0 aliphatic heterocycles. The second-order valence-corrected chi connectivity index (χ2v) is 9.63. The van der Waals surface area contributed by atoms with Crippen molar-refractivity contribution >= 4 is 27.4 Å². The van der Waals surface area contributed by atoms with Crippen molar-refractivity contribution in [2.45, 2.75) is 52.7 Å². The van der Waals surface area contributed by atoms with Gasteiger partial charge in [0.15, 0.2) is 0 Å². The van der Waals surface area contributed by atoms with Crippen molar-refractivity contribution < 1.29 is 17.9 Å². The van der Waals surface area contributed by atoms with Crippen molar-refractivity contribution in [3.8, 4) is 0 Å². The SMILES string of the molecule is CCCc1ccc(N(c2ccccc2)S(C)(=O)=O)c(=O)n1CC(=O)OC(C)(C)C. The van der Waals surface area contributed by atoms with Gasteiger partial charge in [-0.05, 0) is 51.5 Å². The highest BCUT2D eigenvalue weighted by molar-refractivity contribution is 7.92. The first-order chi connectivity index (χ1) is 13.4. The van der Waals surface area contributed by atoms with E-state index >= 15 is 0 Å². The maximum atomic E-state index is 13.3. The molecule has 2 rings (SSSR count). The van der Waals surface area contributed by atoms with E-state index in [-0.39, 0.29) is 12.2 Å². The minimum absolute atomic E-state index is 0.0397. The van der Waals surface area contributed by atoms with E-state index in [4.69, 9.17) is 4.74 Å². The molecule has 0 saturated heterocycles. The molecule has 29 heavy (non-hydrogen) atoms. The second-order valence-electron chi connectivity index (χ2n) is 7.80. The lowest BCUT2D eigenvalue weighted by atomic mass is 10.2. The van der Waals surface area contributed by atoms with Crippen LogP contribution >= 0.6 is 0 Å². The van der Waals surface area contributed by atoms with Gasteiger partial charge in [-0.15, -0.1) is 0 Å². The zero-order valence-electron chi connectivity index (χ0n) is 17.5. The normalized spacial score (nSPS) is 11.9. The molecule has 8 heteroatoms. The number of aryl methyl sites for hydroxylation is 1. The van der Waals surface area contributed by atoms with Crippen molar-refractivity contribution in [2.24, 2.45) is 0 Å². The number of hydrogen-bond acceptors (Lipinski definition) is 5. The number of para-hydroxylation sites is 1. The minimum atomic E-state index is -3.79. The van der Waals surface area contributed by atoms with Gasteiger partial charge in [-0.2, -0.15) is 0 Å². The van der Waals surface area contributed by atoms with Crippen LogP contribution in [0.4, 0.5) is 11.4 Å². The van der Waals surface area contributed by atoms with Crippen LogP contribution in [0.25, 0.3) is 0 Å². The van der Waals surface area contributed by atoms with E-state index in [1.54, 1.807) is 57.2 Å². The van der Waals surface area contributed by atoms with E-state index < -0.39 is 27.2 Å². The molecule has 1 aromatic heterocycles. The van der Waals surface area contributed by atoms with Crippen LogP contribution in [0.5, 0.6) is 0 Å². The highest BCUT2D eigenvalue weighted by Crippen LogP contribution is 2.26. The Morgan fingerprint density at radius 3 is 2.24 bits per heavy atom. The summed E-state index contributed by atoms with van der Waals surface area (Å²) in [4.78, 5) is 25.6. The van der Waals surface area contributed by atoms with Gasteiger partial charge in [0.25, 0.3) is 5.56 Å². The fourth-order valence-corrected chi connectivity index (χ4v) is 3.98.